The van der Waals surface area contributed by atoms with Crippen LogP contribution < -0.4 is 10.2 Å². The molecule has 0 saturated carbocycles. The fraction of sp³-hybridized carbons (Fsp3) is 0.643. The summed E-state index contributed by atoms with van der Waals surface area (Å²) in [6.45, 7) is 15.5. The fourth-order valence-corrected chi connectivity index (χ4v) is 0.958. The molecule has 0 atom stereocenters. The molecule has 0 aliphatic rings. The Hall–Kier alpha value is -1.25. The molecule has 1 rings (SSSR count). The first-order valence-corrected chi connectivity index (χ1v) is 6.39. The van der Waals surface area contributed by atoms with E-state index in [0.29, 0.717) is 17.0 Å². The van der Waals surface area contributed by atoms with Crippen LogP contribution in [-0.4, -0.2) is 12.1 Å². The first kappa shape index (κ1) is 21.1. The van der Waals surface area contributed by atoms with Gasteiger partial charge in [-0.05, 0) is 13.8 Å². The molecule has 3 heteroatoms. The third-order valence-corrected chi connectivity index (χ3v) is 1.66. The molecule has 0 radical (unpaired) electrons. The molecule has 0 amide bonds. The zero-order chi connectivity index (χ0) is 14.4. The second-order valence-corrected chi connectivity index (χ2v) is 2.46. The van der Waals surface area contributed by atoms with E-state index in [0.717, 1.165) is 0 Å². The maximum atomic E-state index is 11.2. The van der Waals surface area contributed by atoms with Gasteiger partial charge in [0.2, 0.25) is 0 Å². The Bertz CT molecular complexity index is 316. The summed E-state index contributed by atoms with van der Waals surface area (Å²) in [4.78, 5) is 14.1. The first-order valence-electron chi connectivity index (χ1n) is 6.39. The van der Waals surface area contributed by atoms with Crippen LogP contribution in [0.15, 0.2) is 11.0 Å². The maximum absolute atomic E-state index is 11.2. The summed E-state index contributed by atoms with van der Waals surface area (Å²) < 4.78 is 4.93. The molecule has 0 unspecified atom stereocenters. The van der Waals surface area contributed by atoms with Crippen LogP contribution in [0.3, 0.4) is 0 Å². The first-order chi connectivity index (χ1) is 8.16. The third-order valence-electron chi connectivity index (χ3n) is 1.66. The highest BCUT2D eigenvalue weighted by molar-refractivity contribution is 5.27. The van der Waals surface area contributed by atoms with Crippen molar-refractivity contribution in [3.8, 4) is 5.88 Å². The van der Waals surface area contributed by atoms with E-state index >= 15 is 0 Å². The summed E-state index contributed by atoms with van der Waals surface area (Å²) in [6.07, 6.45) is 1.65. The lowest BCUT2D eigenvalue weighted by Crippen LogP contribution is -2.10. The maximum Gasteiger partial charge on any atom is 0.197 e. The van der Waals surface area contributed by atoms with Crippen molar-refractivity contribution in [2.24, 2.45) is 0 Å². The molecule has 102 valence electrons. The lowest BCUT2D eigenvalue weighted by atomic mass is 10.2. The van der Waals surface area contributed by atoms with Crippen LogP contribution in [0.5, 0.6) is 5.88 Å². The second kappa shape index (κ2) is 14.8. The largest absolute Gasteiger partial charge is 0.482 e. The van der Waals surface area contributed by atoms with Crippen LogP contribution in [0.25, 0.3) is 0 Å². The fourth-order valence-electron chi connectivity index (χ4n) is 0.958. The summed E-state index contributed by atoms with van der Waals surface area (Å²) in [5.74, 6) is 0.542. The Kier molecular flexibility index (Phi) is 18.3. The van der Waals surface area contributed by atoms with E-state index in [9.17, 15) is 4.79 Å². The van der Waals surface area contributed by atoms with Gasteiger partial charge in [-0.2, -0.15) is 0 Å². The zero-order valence-electron chi connectivity index (χ0n) is 12.9. The smallest absolute Gasteiger partial charge is 0.197 e. The van der Waals surface area contributed by atoms with Gasteiger partial charge in [0.15, 0.2) is 11.3 Å². The molecule has 1 N–H and O–H groups in total. The van der Waals surface area contributed by atoms with Crippen molar-refractivity contribution >= 4 is 0 Å². The summed E-state index contributed by atoms with van der Waals surface area (Å²) >= 11 is 0. The van der Waals surface area contributed by atoms with Crippen LogP contribution in [0, 0.1) is 13.8 Å². The predicted octanol–water partition coefficient (Wildman–Crippen LogP) is 4.08. The van der Waals surface area contributed by atoms with Crippen molar-refractivity contribution in [2.75, 3.05) is 7.11 Å². The number of nitrogens with one attached hydrogen (secondary N) is 1. The number of rotatable bonds is 1. The van der Waals surface area contributed by atoms with Crippen molar-refractivity contribution in [3.63, 3.8) is 0 Å². The van der Waals surface area contributed by atoms with Crippen LogP contribution in [0.1, 0.15) is 52.7 Å². The highest BCUT2D eigenvalue weighted by Gasteiger charge is 2.03. The Balaban J connectivity index is -0.000000285. The molecular formula is C14H29NO2. The molecule has 17 heavy (non-hydrogen) atoms. The monoisotopic (exact) mass is 243 g/mol. The predicted molar refractivity (Wildman–Crippen MR) is 77.1 cm³/mol. The standard InChI is InChI=1S/C8H11NO2.3C2H6/c1-5-4-9-8(11-3)6(2)7(5)10;3*1-2/h4H,1-3H3,(H,9,10);3*1-2H3. The van der Waals surface area contributed by atoms with Crippen LogP contribution in [0.4, 0.5) is 0 Å². The Labute approximate surface area is 106 Å². The van der Waals surface area contributed by atoms with Crippen LogP contribution >= 0.6 is 0 Å². The molecule has 0 aliphatic carbocycles. The van der Waals surface area contributed by atoms with Gasteiger partial charge in [-0.15, -0.1) is 0 Å². The van der Waals surface area contributed by atoms with Crippen molar-refractivity contribution in [3.05, 3.63) is 27.5 Å². The van der Waals surface area contributed by atoms with Gasteiger partial charge in [-0.1, -0.05) is 41.5 Å². The average Bonchev–Trinajstić information content (AvgIpc) is 2.43. The number of ether oxygens (including phenoxy) is 1. The molecule has 0 bridgehead atoms. The minimum atomic E-state index is 0.0422. The minimum absolute atomic E-state index is 0.0422. The zero-order valence-corrected chi connectivity index (χ0v) is 12.9. The van der Waals surface area contributed by atoms with Gasteiger partial charge in [0.25, 0.3) is 0 Å². The molecule has 3 nitrogen and oxygen atoms in total. The Morgan fingerprint density at radius 3 is 1.76 bits per heavy atom. The van der Waals surface area contributed by atoms with E-state index in [1.807, 2.05) is 41.5 Å². The minimum Gasteiger partial charge on any atom is -0.482 e. The van der Waals surface area contributed by atoms with Gasteiger partial charge < -0.3 is 9.72 Å². The Morgan fingerprint density at radius 1 is 1.00 bits per heavy atom. The SMILES string of the molecule is CC.CC.CC.COc1[nH]cc(C)c(=O)c1C. The normalized spacial score (nSPS) is 7.35. The summed E-state index contributed by atoms with van der Waals surface area (Å²) in [5.41, 5.74) is 1.39. The summed E-state index contributed by atoms with van der Waals surface area (Å²) in [5, 5.41) is 0. The summed E-state index contributed by atoms with van der Waals surface area (Å²) in [7, 11) is 1.54. The average molecular weight is 243 g/mol. The van der Waals surface area contributed by atoms with Gasteiger partial charge in [0.05, 0.1) is 12.7 Å². The molecule has 0 aliphatic heterocycles. The summed E-state index contributed by atoms with van der Waals surface area (Å²) in [6, 6.07) is 0. The van der Waals surface area contributed by atoms with Gasteiger partial charge in [0, 0.05) is 11.8 Å². The number of hydrogen-bond acceptors (Lipinski definition) is 2. The van der Waals surface area contributed by atoms with Crippen LogP contribution in [0.2, 0.25) is 0 Å². The van der Waals surface area contributed by atoms with E-state index < -0.39 is 0 Å². The number of aromatic amines is 1. The molecule has 0 aromatic carbocycles. The van der Waals surface area contributed by atoms with E-state index in [2.05, 4.69) is 4.98 Å². The number of methoxy groups -OCH3 is 1. The molecule has 1 aromatic heterocycles. The van der Waals surface area contributed by atoms with Crippen LogP contribution in [-0.2, 0) is 0 Å². The van der Waals surface area contributed by atoms with E-state index in [4.69, 9.17) is 4.74 Å². The second-order valence-electron chi connectivity index (χ2n) is 2.46. The number of aromatic nitrogens is 1. The van der Waals surface area contributed by atoms with E-state index in [-0.39, 0.29) is 5.43 Å². The highest BCUT2D eigenvalue weighted by Crippen LogP contribution is 2.07. The molecule has 1 aromatic rings. The number of pyridine rings is 1. The van der Waals surface area contributed by atoms with Gasteiger partial charge >= 0.3 is 0 Å². The lowest BCUT2D eigenvalue weighted by molar-refractivity contribution is 0.393. The third kappa shape index (κ3) is 7.61. The van der Waals surface area contributed by atoms with Gasteiger partial charge in [-0.25, -0.2) is 0 Å². The van der Waals surface area contributed by atoms with Crippen molar-refractivity contribution in [1.82, 2.24) is 4.98 Å². The topological polar surface area (TPSA) is 42.1 Å². The molecule has 0 saturated heterocycles. The van der Waals surface area contributed by atoms with Gasteiger partial charge in [0.1, 0.15) is 0 Å². The quantitative estimate of drug-likeness (QED) is 0.807. The number of hydrogen-bond donors (Lipinski definition) is 1. The van der Waals surface area contributed by atoms with E-state index in [1.54, 1.807) is 20.0 Å². The van der Waals surface area contributed by atoms with E-state index in [1.165, 1.54) is 7.11 Å². The van der Waals surface area contributed by atoms with Crippen molar-refractivity contribution in [2.45, 2.75) is 55.4 Å². The van der Waals surface area contributed by atoms with Crippen molar-refractivity contribution in [1.29, 1.82) is 0 Å². The molecular weight excluding hydrogens is 214 g/mol. The molecule has 0 spiro atoms. The lowest BCUT2D eigenvalue weighted by Gasteiger charge is -2.02. The highest BCUT2D eigenvalue weighted by atomic mass is 16.5. The van der Waals surface area contributed by atoms with Gasteiger partial charge in [-0.3, -0.25) is 4.79 Å². The Morgan fingerprint density at radius 2 is 1.41 bits per heavy atom. The molecule has 1 heterocycles. The number of aryl methyl sites for hydroxylation is 1. The van der Waals surface area contributed by atoms with Crippen molar-refractivity contribution < 1.29 is 4.74 Å². The number of H-pyrrole nitrogens is 1. The molecule has 0 fully saturated rings.